The van der Waals surface area contributed by atoms with E-state index >= 15 is 0 Å². The number of alkyl halides is 1. The minimum absolute atomic E-state index is 0.0916. The summed E-state index contributed by atoms with van der Waals surface area (Å²) in [4.78, 5) is 27.0. The van der Waals surface area contributed by atoms with Crippen LogP contribution < -0.4 is 9.47 Å². The quantitative estimate of drug-likeness (QED) is 0.404. The molecule has 0 N–H and O–H groups in total. The predicted molar refractivity (Wildman–Crippen MR) is 101 cm³/mol. The van der Waals surface area contributed by atoms with E-state index in [1.807, 2.05) is 18.2 Å². The maximum atomic E-state index is 13.3. The number of halogens is 1. The highest BCUT2D eigenvalue weighted by Crippen LogP contribution is 2.39. The van der Waals surface area contributed by atoms with E-state index in [0.29, 0.717) is 36.8 Å². The fraction of sp³-hybridized carbons (Fsp3) is 0.500. The summed E-state index contributed by atoms with van der Waals surface area (Å²) in [5.74, 6) is 0.560. The van der Waals surface area contributed by atoms with E-state index in [0.717, 1.165) is 12.0 Å². The number of carbonyl (C=O) groups is 2. The molecule has 1 fully saturated rings. The van der Waals surface area contributed by atoms with Crippen LogP contribution in [0.1, 0.15) is 30.7 Å². The summed E-state index contributed by atoms with van der Waals surface area (Å²) < 4.78 is 15.7. The lowest BCUT2D eigenvalue weighted by Crippen LogP contribution is -2.45. The number of amides is 1. The third-order valence-corrected chi connectivity index (χ3v) is 5.43. The lowest BCUT2D eigenvalue weighted by Gasteiger charge is -2.31. The number of likely N-dealkylation sites (tertiary alicyclic amines) is 1. The minimum atomic E-state index is -0.525. The summed E-state index contributed by atoms with van der Waals surface area (Å²) >= 11 is 6.01. The number of ether oxygens (including phenoxy) is 3. The van der Waals surface area contributed by atoms with E-state index in [-0.39, 0.29) is 24.6 Å². The summed E-state index contributed by atoms with van der Waals surface area (Å²) in [6.45, 7) is 4.67. The SMILES string of the molecule is C=C[C@H](c1ccc2c(c1)OCO2)[C@@H](CCCl)C(=O)N1CCC[C@H]1C(=O)OC. The summed E-state index contributed by atoms with van der Waals surface area (Å²) in [6.07, 6.45) is 3.64. The Morgan fingerprint density at radius 1 is 1.41 bits per heavy atom. The smallest absolute Gasteiger partial charge is 0.328 e. The molecule has 0 aromatic heterocycles. The van der Waals surface area contributed by atoms with Crippen LogP contribution in [0.4, 0.5) is 0 Å². The van der Waals surface area contributed by atoms with Gasteiger partial charge in [-0.25, -0.2) is 4.79 Å². The molecule has 0 spiro atoms. The van der Waals surface area contributed by atoms with Gasteiger partial charge in [0.05, 0.1) is 7.11 Å². The van der Waals surface area contributed by atoms with E-state index < -0.39 is 12.0 Å². The van der Waals surface area contributed by atoms with Crippen molar-refractivity contribution in [3.63, 3.8) is 0 Å². The lowest BCUT2D eigenvalue weighted by atomic mass is 9.83. The second-order valence-corrected chi connectivity index (χ2v) is 7.05. The summed E-state index contributed by atoms with van der Waals surface area (Å²) in [5, 5.41) is 0. The zero-order chi connectivity index (χ0) is 19.4. The van der Waals surface area contributed by atoms with E-state index in [9.17, 15) is 9.59 Å². The molecule has 0 bridgehead atoms. The number of allylic oxidation sites excluding steroid dienone is 1. The lowest BCUT2D eigenvalue weighted by molar-refractivity contribution is -0.152. The van der Waals surface area contributed by atoms with Crippen LogP contribution in [0.2, 0.25) is 0 Å². The van der Waals surface area contributed by atoms with Crippen molar-refractivity contribution in [2.75, 3.05) is 26.3 Å². The maximum absolute atomic E-state index is 13.3. The van der Waals surface area contributed by atoms with E-state index in [2.05, 4.69) is 6.58 Å². The van der Waals surface area contributed by atoms with Crippen LogP contribution in [0.5, 0.6) is 11.5 Å². The van der Waals surface area contributed by atoms with Crippen molar-refractivity contribution >= 4 is 23.5 Å². The Bertz CT molecular complexity index is 722. The number of rotatable bonds is 7. The van der Waals surface area contributed by atoms with Crippen molar-refractivity contribution in [1.82, 2.24) is 4.90 Å². The van der Waals surface area contributed by atoms with Gasteiger partial charge in [0.1, 0.15) is 6.04 Å². The van der Waals surface area contributed by atoms with Crippen molar-refractivity contribution in [2.24, 2.45) is 5.92 Å². The van der Waals surface area contributed by atoms with Gasteiger partial charge < -0.3 is 19.1 Å². The Kier molecular flexibility index (Phi) is 6.26. The molecule has 7 heteroatoms. The largest absolute Gasteiger partial charge is 0.467 e. The number of nitrogens with zero attached hydrogens (tertiary/aromatic N) is 1. The van der Waals surface area contributed by atoms with Crippen LogP contribution in [0, 0.1) is 5.92 Å². The molecule has 1 saturated heterocycles. The Morgan fingerprint density at radius 3 is 2.89 bits per heavy atom. The van der Waals surface area contributed by atoms with Gasteiger partial charge >= 0.3 is 5.97 Å². The van der Waals surface area contributed by atoms with Gasteiger partial charge in [0, 0.05) is 24.3 Å². The molecular weight excluding hydrogens is 370 g/mol. The molecule has 1 aromatic carbocycles. The van der Waals surface area contributed by atoms with Gasteiger partial charge in [-0.05, 0) is 37.0 Å². The highest BCUT2D eigenvalue weighted by atomic mass is 35.5. The Morgan fingerprint density at radius 2 is 2.19 bits per heavy atom. The number of esters is 1. The third-order valence-electron chi connectivity index (χ3n) is 5.22. The molecule has 0 aliphatic carbocycles. The molecule has 3 rings (SSSR count). The average Bonchev–Trinajstić information content (AvgIpc) is 3.35. The molecule has 0 radical (unpaired) electrons. The van der Waals surface area contributed by atoms with Crippen molar-refractivity contribution in [1.29, 1.82) is 0 Å². The minimum Gasteiger partial charge on any atom is -0.467 e. The van der Waals surface area contributed by atoms with Crippen LogP contribution in [-0.4, -0.2) is 49.1 Å². The predicted octanol–water partition coefficient (Wildman–Crippen LogP) is 3.09. The van der Waals surface area contributed by atoms with Gasteiger partial charge in [-0.3, -0.25) is 4.79 Å². The highest BCUT2D eigenvalue weighted by Gasteiger charge is 2.40. The van der Waals surface area contributed by atoms with Crippen LogP contribution >= 0.6 is 11.6 Å². The van der Waals surface area contributed by atoms with Crippen molar-refractivity contribution < 1.29 is 23.8 Å². The molecule has 146 valence electrons. The first-order chi connectivity index (χ1) is 13.1. The molecule has 1 aromatic rings. The van der Waals surface area contributed by atoms with E-state index in [1.54, 1.807) is 11.0 Å². The standard InChI is InChI=1S/C20H24ClNO5/c1-3-14(13-6-7-17-18(11-13)27-12-26-17)15(8-9-21)19(23)22-10-4-5-16(22)20(24)25-2/h3,6-7,11,14-16H,1,4-5,8-10,12H2,2H3/t14-,15-,16+/m1/s1. The zero-order valence-electron chi connectivity index (χ0n) is 15.4. The molecule has 2 aliphatic rings. The topological polar surface area (TPSA) is 65.1 Å². The number of hydrogen-bond donors (Lipinski definition) is 0. The molecule has 1 amide bonds. The number of methoxy groups -OCH3 is 1. The zero-order valence-corrected chi connectivity index (χ0v) is 16.1. The average molecular weight is 394 g/mol. The molecular formula is C20H24ClNO5. The van der Waals surface area contributed by atoms with Crippen molar-refractivity contribution in [3.05, 3.63) is 36.4 Å². The maximum Gasteiger partial charge on any atom is 0.328 e. The van der Waals surface area contributed by atoms with Gasteiger partial charge in [0.25, 0.3) is 0 Å². The molecule has 2 aliphatic heterocycles. The Balaban J connectivity index is 1.87. The highest BCUT2D eigenvalue weighted by molar-refractivity contribution is 6.18. The van der Waals surface area contributed by atoms with Gasteiger partial charge in [-0.2, -0.15) is 0 Å². The summed E-state index contributed by atoms with van der Waals surface area (Å²) in [6, 6.07) is 5.10. The third kappa shape index (κ3) is 3.90. The normalized spacial score (nSPS) is 20.2. The van der Waals surface area contributed by atoms with E-state index in [1.165, 1.54) is 7.11 Å². The second-order valence-electron chi connectivity index (χ2n) is 6.67. The molecule has 0 saturated carbocycles. The van der Waals surface area contributed by atoms with Crippen LogP contribution in [-0.2, 0) is 14.3 Å². The van der Waals surface area contributed by atoms with Gasteiger partial charge in [0.15, 0.2) is 11.5 Å². The first-order valence-corrected chi connectivity index (χ1v) is 9.60. The fourth-order valence-corrected chi connectivity index (χ4v) is 4.09. The van der Waals surface area contributed by atoms with Crippen LogP contribution in [0.15, 0.2) is 30.9 Å². The molecule has 6 nitrogen and oxygen atoms in total. The number of fused-ring (bicyclic) bond motifs is 1. The monoisotopic (exact) mass is 393 g/mol. The molecule has 27 heavy (non-hydrogen) atoms. The molecule has 2 heterocycles. The van der Waals surface area contributed by atoms with Crippen molar-refractivity contribution in [2.45, 2.75) is 31.2 Å². The first kappa shape index (κ1) is 19.5. The Labute approximate surface area is 164 Å². The fourth-order valence-electron chi connectivity index (χ4n) is 3.85. The van der Waals surface area contributed by atoms with Crippen LogP contribution in [0.3, 0.4) is 0 Å². The van der Waals surface area contributed by atoms with Crippen molar-refractivity contribution in [3.8, 4) is 11.5 Å². The van der Waals surface area contributed by atoms with Gasteiger partial charge in [-0.1, -0.05) is 12.1 Å². The second kappa shape index (κ2) is 8.65. The van der Waals surface area contributed by atoms with Gasteiger partial charge in [-0.15, -0.1) is 18.2 Å². The number of hydrogen-bond acceptors (Lipinski definition) is 5. The number of benzene rings is 1. The summed E-state index contributed by atoms with van der Waals surface area (Å²) in [5.41, 5.74) is 0.909. The molecule has 0 unspecified atom stereocenters. The van der Waals surface area contributed by atoms with Crippen LogP contribution in [0.25, 0.3) is 0 Å². The summed E-state index contributed by atoms with van der Waals surface area (Å²) in [7, 11) is 1.35. The van der Waals surface area contributed by atoms with E-state index in [4.69, 9.17) is 25.8 Å². The number of carbonyl (C=O) groups excluding carboxylic acids is 2. The van der Waals surface area contributed by atoms with Gasteiger partial charge in [0.2, 0.25) is 12.7 Å². The molecule has 3 atom stereocenters. The first-order valence-electron chi connectivity index (χ1n) is 9.07. The Hall–Kier alpha value is -2.21.